The van der Waals surface area contributed by atoms with Crippen LogP contribution < -0.4 is 10.2 Å². The molecule has 1 saturated heterocycles. The third-order valence-electron chi connectivity index (χ3n) is 6.08. The number of hydrogen-bond acceptors (Lipinski definition) is 4. The Hall–Kier alpha value is -2.57. The molecule has 6 heteroatoms. The monoisotopic (exact) mass is 449 g/mol. The van der Waals surface area contributed by atoms with Crippen LogP contribution in [0.2, 0.25) is 0 Å². The summed E-state index contributed by atoms with van der Waals surface area (Å²) < 4.78 is 0. The molecule has 0 unspecified atom stereocenters. The number of fused-ring (bicyclic) bond motifs is 1. The van der Waals surface area contributed by atoms with Gasteiger partial charge in [-0.25, -0.2) is 0 Å². The maximum Gasteiger partial charge on any atom is 0.265 e. The minimum Gasteiger partial charge on any atom is -0.355 e. The first-order valence-electron chi connectivity index (χ1n) is 11.4. The van der Waals surface area contributed by atoms with Gasteiger partial charge in [-0.1, -0.05) is 61.2 Å². The Bertz CT molecular complexity index is 968. The highest BCUT2D eigenvalue weighted by atomic mass is 32.2. The highest BCUT2D eigenvalue weighted by Gasteiger charge is 2.30. The van der Waals surface area contributed by atoms with E-state index in [1.807, 2.05) is 60.7 Å². The molecule has 32 heavy (non-hydrogen) atoms. The molecule has 2 amide bonds. The van der Waals surface area contributed by atoms with Crippen molar-refractivity contribution in [2.75, 3.05) is 37.6 Å². The molecule has 1 fully saturated rings. The van der Waals surface area contributed by atoms with E-state index in [0.29, 0.717) is 11.4 Å². The number of rotatable bonds is 7. The summed E-state index contributed by atoms with van der Waals surface area (Å²) in [6.45, 7) is 6.31. The fourth-order valence-corrected chi connectivity index (χ4v) is 5.19. The van der Waals surface area contributed by atoms with Gasteiger partial charge in [0, 0.05) is 11.4 Å². The Kier molecular flexibility index (Phi) is 7.66. The molecule has 0 radical (unpaired) electrons. The van der Waals surface area contributed by atoms with Gasteiger partial charge in [-0.3, -0.25) is 14.5 Å². The van der Waals surface area contributed by atoms with Crippen molar-refractivity contribution in [3.05, 3.63) is 65.1 Å². The fraction of sp³-hybridized carbons (Fsp3) is 0.385. The van der Waals surface area contributed by atoms with Crippen LogP contribution in [0.3, 0.4) is 0 Å². The zero-order valence-electron chi connectivity index (χ0n) is 18.6. The van der Waals surface area contributed by atoms with Crippen molar-refractivity contribution >= 4 is 35.3 Å². The van der Waals surface area contributed by atoms with Gasteiger partial charge >= 0.3 is 0 Å². The lowest BCUT2D eigenvalue weighted by atomic mass is 9.99. The number of carbonyl (C=O) groups excluding carboxylic acids is 2. The number of nitrogens with zero attached hydrogens (tertiary/aromatic N) is 2. The summed E-state index contributed by atoms with van der Waals surface area (Å²) in [6, 6.07) is 17.6. The number of likely N-dealkylation sites (tertiary alicyclic amines) is 1. The quantitative estimate of drug-likeness (QED) is 0.503. The molecule has 2 heterocycles. The van der Waals surface area contributed by atoms with Gasteiger partial charge in [0.15, 0.2) is 0 Å². The van der Waals surface area contributed by atoms with Crippen LogP contribution in [0.1, 0.15) is 31.7 Å². The standard InChI is InChI=1S/C26H31N3O2S/c1-20-12-16-28(17-13-20)15-7-14-27-25(30)19-29-22-10-5-6-11-23(22)32-24(26(29)31)18-21-8-3-2-4-9-21/h2-6,8-11,18,20H,7,12-17,19H2,1H3,(H,27,30)/b24-18-. The molecule has 2 aromatic rings. The number of hydrogen-bond donors (Lipinski definition) is 1. The van der Waals surface area contributed by atoms with E-state index in [1.54, 1.807) is 4.90 Å². The second kappa shape index (κ2) is 10.8. The van der Waals surface area contributed by atoms with Crippen LogP contribution in [0.15, 0.2) is 64.4 Å². The summed E-state index contributed by atoms with van der Waals surface area (Å²) in [6.07, 6.45) is 5.35. The van der Waals surface area contributed by atoms with E-state index in [9.17, 15) is 9.59 Å². The Morgan fingerprint density at radius 1 is 1.09 bits per heavy atom. The van der Waals surface area contributed by atoms with Gasteiger partial charge in [0.25, 0.3) is 5.91 Å². The zero-order chi connectivity index (χ0) is 22.3. The van der Waals surface area contributed by atoms with Gasteiger partial charge < -0.3 is 10.2 Å². The number of piperidine rings is 1. The summed E-state index contributed by atoms with van der Waals surface area (Å²) in [5, 5.41) is 3.01. The molecule has 168 valence electrons. The van der Waals surface area contributed by atoms with Crippen molar-refractivity contribution in [2.45, 2.75) is 31.1 Å². The van der Waals surface area contributed by atoms with Crippen LogP contribution in [0.25, 0.3) is 6.08 Å². The summed E-state index contributed by atoms with van der Waals surface area (Å²) in [5.41, 5.74) is 1.77. The van der Waals surface area contributed by atoms with Gasteiger partial charge in [0.2, 0.25) is 5.91 Å². The predicted molar refractivity (Wildman–Crippen MR) is 132 cm³/mol. The fourth-order valence-electron chi connectivity index (χ4n) is 4.14. The molecule has 4 rings (SSSR count). The minimum atomic E-state index is -0.130. The van der Waals surface area contributed by atoms with E-state index >= 15 is 0 Å². The number of benzene rings is 2. The molecule has 0 bridgehead atoms. The van der Waals surface area contributed by atoms with Gasteiger partial charge in [-0.05, 0) is 68.6 Å². The highest BCUT2D eigenvalue weighted by molar-refractivity contribution is 8.04. The largest absolute Gasteiger partial charge is 0.355 e. The van der Waals surface area contributed by atoms with Crippen LogP contribution >= 0.6 is 11.8 Å². The van der Waals surface area contributed by atoms with Gasteiger partial charge in [0.1, 0.15) is 6.54 Å². The number of thioether (sulfide) groups is 1. The van der Waals surface area contributed by atoms with E-state index in [1.165, 1.54) is 24.6 Å². The smallest absolute Gasteiger partial charge is 0.265 e. The average molecular weight is 450 g/mol. The Labute approximate surface area is 194 Å². The minimum absolute atomic E-state index is 0.0315. The average Bonchev–Trinajstić information content (AvgIpc) is 2.81. The molecule has 0 aromatic heterocycles. The van der Waals surface area contributed by atoms with Crippen molar-refractivity contribution in [3.8, 4) is 0 Å². The summed E-state index contributed by atoms with van der Waals surface area (Å²) in [7, 11) is 0. The first kappa shape index (κ1) is 22.6. The van der Waals surface area contributed by atoms with Crippen LogP contribution in [-0.4, -0.2) is 49.4 Å². The van der Waals surface area contributed by atoms with E-state index in [0.717, 1.165) is 48.1 Å². The summed E-state index contributed by atoms with van der Waals surface area (Å²) in [4.78, 5) is 31.6. The molecule has 0 atom stereocenters. The summed E-state index contributed by atoms with van der Waals surface area (Å²) >= 11 is 1.46. The van der Waals surface area contributed by atoms with Crippen LogP contribution in [-0.2, 0) is 9.59 Å². The molecule has 2 aliphatic heterocycles. The molecule has 0 saturated carbocycles. The molecule has 2 aromatic carbocycles. The number of amides is 2. The molecule has 2 aliphatic rings. The normalized spacial score (nSPS) is 18.6. The Morgan fingerprint density at radius 3 is 2.59 bits per heavy atom. The Morgan fingerprint density at radius 2 is 1.81 bits per heavy atom. The van der Waals surface area contributed by atoms with Crippen molar-refractivity contribution < 1.29 is 9.59 Å². The molecule has 1 N–H and O–H groups in total. The molecule has 0 aliphatic carbocycles. The number of para-hydroxylation sites is 1. The second-order valence-corrected chi connectivity index (χ2v) is 9.69. The first-order valence-corrected chi connectivity index (χ1v) is 12.3. The van der Waals surface area contributed by atoms with Crippen molar-refractivity contribution in [3.63, 3.8) is 0 Å². The maximum atomic E-state index is 13.2. The van der Waals surface area contributed by atoms with E-state index in [2.05, 4.69) is 17.1 Å². The lowest BCUT2D eigenvalue weighted by molar-refractivity contribution is -0.122. The lowest BCUT2D eigenvalue weighted by Gasteiger charge is -2.30. The van der Waals surface area contributed by atoms with Crippen LogP contribution in [0.5, 0.6) is 0 Å². The van der Waals surface area contributed by atoms with E-state index in [4.69, 9.17) is 0 Å². The van der Waals surface area contributed by atoms with E-state index < -0.39 is 0 Å². The zero-order valence-corrected chi connectivity index (χ0v) is 19.4. The van der Waals surface area contributed by atoms with Crippen molar-refractivity contribution in [2.24, 2.45) is 5.92 Å². The third-order valence-corrected chi connectivity index (χ3v) is 7.16. The summed E-state index contributed by atoms with van der Waals surface area (Å²) in [5.74, 6) is 0.580. The lowest BCUT2D eigenvalue weighted by Crippen LogP contribution is -2.43. The van der Waals surface area contributed by atoms with Crippen LogP contribution in [0.4, 0.5) is 5.69 Å². The van der Waals surface area contributed by atoms with Gasteiger partial charge in [-0.2, -0.15) is 0 Å². The molecule has 5 nitrogen and oxygen atoms in total. The first-order chi connectivity index (χ1) is 15.6. The maximum absolute atomic E-state index is 13.2. The SMILES string of the molecule is CC1CCN(CCCNC(=O)CN2C(=O)/C(=C/c3ccccc3)Sc3ccccc32)CC1. The van der Waals surface area contributed by atoms with E-state index in [-0.39, 0.29) is 18.4 Å². The highest BCUT2D eigenvalue weighted by Crippen LogP contribution is 2.41. The van der Waals surface area contributed by atoms with Gasteiger partial charge in [0.05, 0.1) is 10.6 Å². The molecule has 0 spiro atoms. The number of anilines is 1. The second-order valence-electron chi connectivity index (χ2n) is 8.61. The van der Waals surface area contributed by atoms with Crippen molar-refractivity contribution in [1.82, 2.24) is 10.2 Å². The van der Waals surface area contributed by atoms with Crippen LogP contribution in [0, 0.1) is 5.92 Å². The third kappa shape index (κ3) is 5.81. The number of carbonyl (C=O) groups is 2. The van der Waals surface area contributed by atoms with Gasteiger partial charge in [-0.15, -0.1) is 0 Å². The Balaban J connectivity index is 1.36. The molecular weight excluding hydrogens is 418 g/mol. The molecular formula is C26H31N3O2S. The predicted octanol–water partition coefficient (Wildman–Crippen LogP) is 4.40. The topological polar surface area (TPSA) is 52.7 Å². The number of nitrogens with one attached hydrogen (secondary N) is 1. The van der Waals surface area contributed by atoms with Crippen molar-refractivity contribution in [1.29, 1.82) is 0 Å².